The van der Waals surface area contributed by atoms with Crippen LogP contribution in [0.25, 0.3) is 5.69 Å². The minimum Gasteiger partial charge on any atom is -0.368 e. The molecule has 2 aromatic rings. The second-order valence-corrected chi connectivity index (χ2v) is 7.26. The summed E-state index contributed by atoms with van der Waals surface area (Å²) in [5.74, 6) is -0.319. The number of imide groups is 1. The Bertz CT molecular complexity index is 1100. The maximum absolute atomic E-state index is 13.2. The molecule has 9 heteroatoms. The monoisotopic (exact) mass is 395 g/mol. The predicted molar refractivity (Wildman–Crippen MR) is 105 cm³/mol. The first-order valence-electron chi connectivity index (χ1n) is 9.45. The quantitative estimate of drug-likeness (QED) is 0.778. The van der Waals surface area contributed by atoms with Crippen molar-refractivity contribution in [2.24, 2.45) is 10.7 Å². The summed E-state index contributed by atoms with van der Waals surface area (Å²) in [5, 5.41) is 0. The lowest BCUT2D eigenvalue weighted by Crippen LogP contribution is -2.64. The average Bonchev–Trinajstić information content (AvgIpc) is 3.19. The van der Waals surface area contributed by atoms with E-state index in [1.54, 1.807) is 7.05 Å². The second kappa shape index (κ2) is 6.54. The molecule has 2 N–H and O–H groups in total. The van der Waals surface area contributed by atoms with E-state index in [2.05, 4.69) is 18.0 Å². The molecular formula is C20H23N6O3+. The molecule has 1 fully saturated rings. The van der Waals surface area contributed by atoms with Crippen LogP contribution in [0.4, 0.5) is 10.7 Å². The first-order valence-corrected chi connectivity index (χ1v) is 9.45. The van der Waals surface area contributed by atoms with Crippen LogP contribution >= 0.6 is 0 Å². The molecule has 0 spiro atoms. The number of benzene rings is 1. The molecule has 1 unspecified atom stereocenters. The number of aliphatic imine (C=N–C) groups is 1. The number of carbonyl (C=O) groups excluding carboxylic acids is 3. The van der Waals surface area contributed by atoms with Crippen molar-refractivity contribution < 1.29 is 19.0 Å². The Morgan fingerprint density at radius 3 is 2.59 bits per heavy atom. The molecule has 1 saturated heterocycles. The van der Waals surface area contributed by atoms with Crippen molar-refractivity contribution >= 4 is 29.6 Å². The van der Waals surface area contributed by atoms with Gasteiger partial charge in [0.25, 0.3) is 5.91 Å². The van der Waals surface area contributed by atoms with Crippen LogP contribution in [0.2, 0.25) is 0 Å². The maximum atomic E-state index is 13.2. The van der Waals surface area contributed by atoms with E-state index >= 15 is 0 Å². The highest BCUT2D eigenvalue weighted by Crippen LogP contribution is 2.33. The fraction of sp³-hybridized carbons (Fsp3) is 0.350. The van der Waals surface area contributed by atoms with Gasteiger partial charge >= 0.3 is 12.0 Å². The Balaban J connectivity index is 1.92. The Morgan fingerprint density at radius 2 is 1.93 bits per heavy atom. The number of aromatic nitrogens is 2. The van der Waals surface area contributed by atoms with E-state index in [0.29, 0.717) is 11.8 Å². The third-order valence-electron chi connectivity index (χ3n) is 5.64. The number of hydrogen-bond donors (Lipinski definition) is 1. The lowest BCUT2D eigenvalue weighted by atomic mass is 10.1. The maximum Gasteiger partial charge on any atom is 0.407 e. The van der Waals surface area contributed by atoms with Crippen molar-refractivity contribution in [3.63, 3.8) is 0 Å². The molecule has 0 radical (unpaired) electrons. The zero-order valence-electron chi connectivity index (χ0n) is 16.8. The molecule has 0 bridgehead atoms. The van der Waals surface area contributed by atoms with E-state index in [1.165, 1.54) is 4.90 Å². The highest BCUT2D eigenvalue weighted by atomic mass is 16.2. The first-order chi connectivity index (χ1) is 13.8. The van der Waals surface area contributed by atoms with Gasteiger partial charge in [-0.1, -0.05) is 30.1 Å². The summed E-state index contributed by atoms with van der Waals surface area (Å²) in [4.78, 5) is 44.1. The number of carbonyl (C=O) groups is 3. The third-order valence-corrected chi connectivity index (χ3v) is 5.64. The number of primary amides is 1. The lowest BCUT2D eigenvalue weighted by Gasteiger charge is -2.32. The van der Waals surface area contributed by atoms with Crippen LogP contribution < -0.4 is 10.3 Å². The van der Waals surface area contributed by atoms with E-state index in [0.717, 1.165) is 34.0 Å². The van der Waals surface area contributed by atoms with Crippen molar-refractivity contribution in [3.8, 4) is 5.69 Å². The van der Waals surface area contributed by atoms with E-state index < -0.39 is 30.4 Å². The van der Waals surface area contributed by atoms with Gasteiger partial charge in [0.2, 0.25) is 17.8 Å². The molecule has 3 heterocycles. The molecule has 4 rings (SSSR count). The van der Waals surface area contributed by atoms with Gasteiger partial charge in [-0.15, -0.1) is 0 Å². The van der Waals surface area contributed by atoms with Crippen molar-refractivity contribution in [2.75, 3.05) is 13.6 Å². The summed E-state index contributed by atoms with van der Waals surface area (Å²) < 4.78 is 3.85. The fourth-order valence-electron chi connectivity index (χ4n) is 4.05. The molecule has 1 aromatic carbocycles. The molecule has 150 valence electrons. The fourth-order valence-corrected chi connectivity index (χ4v) is 4.05. The predicted octanol–water partition coefficient (Wildman–Crippen LogP) is 0.908. The summed E-state index contributed by atoms with van der Waals surface area (Å²) in [6.45, 7) is 5.52. The van der Waals surface area contributed by atoms with Crippen molar-refractivity contribution in [1.29, 1.82) is 0 Å². The lowest BCUT2D eigenvalue weighted by molar-refractivity contribution is -0.682. The van der Waals surface area contributed by atoms with Crippen molar-refractivity contribution in [1.82, 2.24) is 14.4 Å². The molecular weight excluding hydrogens is 372 g/mol. The Morgan fingerprint density at radius 1 is 1.24 bits per heavy atom. The average molecular weight is 395 g/mol. The topological polar surface area (TPSA) is 105 Å². The standard InChI is InChI=1S/C20H22N6O3/c1-5-13-8-6-7-9-14(13)25-11(2)12(3)26-16-17(22-19(25)26)23(4)20(29)24(18(16)28)10-15(21)27/h6-9,16H,5,10H2,1-4H3,(H-,21,27)/p+1. The zero-order valence-corrected chi connectivity index (χ0v) is 16.8. The summed E-state index contributed by atoms with van der Waals surface area (Å²) in [6, 6.07) is 6.62. The molecule has 1 aromatic heterocycles. The molecule has 29 heavy (non-hydrogen) atoms. The van der Waals surface area contributed by atoms with E-state index in [4.69, 9.17) is 5.73 Å². The summed E-state index contributed by atoms with van der Waals surface area (Å²) >= 11 is 0. The molecule has 9 nitrogen and oxygen atoms in total. The summed E-state index contributed by atoms with van der Waals surface area (Å²) in [5.41, 5.74) is 9.20. The first kappa shape index (κ1) is 18.9. The van der Waals surface area contributed by atoms with Crippen LogP contribution in [-0.2, 0) is 16.0 Å². The van der Waals surface area contributed by atoms with Gasteiger partial charge in [0, 0.05) is 7.05 Å². The number of nitrogens with two attached hydrogens (primary N) is 1. The smallest absolute Gasteiger partial charge is 0.368 e. The SMILES string of the molecule is CCc1ccccc1-n1c(C)c(C)[n+]2c1N=C1C2C(=O)N(CC(N)=O)C(=O)N1C. The van der Waals surface area contributed by atoms with Crippen LogP contribution in [0.1, 0.15) is 29.9 Å². The number of imidazole rings is 1. The van der Waals surface area contributed by atoms with Crippen LogP contribution in [0.3, 0.4) is 0 Å². The zero-order chi connectivity index (χ0) is 21.0. The number of nitrogens with zero attached hydrogens (tertiary/aromatic N) is 5. The minimum atomic E-state index is -0.805. The van der Waals surface area contributed by atoms with Crippen molar-refractivity contribution in [3.05, 3.63) is 41.2 Å². The highest BCUT2D eigenvalue weighted by molar-refractivity contribution is 6.19. The summed E-state index contributed by atoms with van der Waals surface area (Å²) in [6.07, 6.45) is 0.843. The van der Waals surface area contributed by atoms with Gasteiger partial charge in [-0.3, -0.25) is 19.4 Å². The Hall–Kier alpha value is -3.49. The summed E-state index contributed by atoms with van der Waals surface area (Å²) in [7, 11) is 1.55. The van der Waals surface area contributed by atoms with E-state index in [-0.39, 0.29) is 0 Å². The molecule has 2 aliphatic rings. The van der Waals surface area contributed by atoms with Crippen LogP contribution in [-0.4, -0.2) is 51.6 Å². The number of para-hydroxylation sites is 1. The number of fused-ring (bicyclic) bond motifs is 3. The number of rotatable bonds is 4. The molecule has 4 amide bonds. The van der Waals surface area contributed by atoms with Crippen LogP contribution in [0.15, 0.2) is 29.3 Å². The van der Waals surface area contributed by atoms with Gasteiger partial charge in [0.1, 0.15) is 23.6 Å². The van der Waals surface area contributed by atoms with Gasteiger partial charge in [-0.05, 0) is 31.9 Å². The van der Waals surface area contributed by atoms with Crippen molar-refractivity contribution in [2.45, 2.75) is 33.2 Å². The minimum absolute atomic E-state index is 0.349. The number of aryl methyl sites for hydroxylation is 1. The highest BCUT2D eigenvalue weighted by Gasteiger charge is 2.54. The van der Waals surface area contributed by atoms with E-state index in [9.17, 15) is 14.4 Å². The Labute approximate surface area is 168 Å². The van der Waals surface area contributed by atoms with Gasteiger partial charge < -0.3 is 5.73 Å². The number of likely N-dealkylation sites (N-methyl/N-ethyl adjacent to an activating group) is 1. The molecule has 1 atom stereocenters. The molecule has 2 aliphatic heterocycles. The largest absolute Gasteiger partial charge is 0.407 e. The van der Waals surface area contributed by atoms with Gasteiger partial charge in [0.05, 0.1) is 0 Å². The number of amides is 4. The van der Waals surface area contributed by atoms with Crippen LogP contribution in [0, 0.1) is 13.8 Å². The van der Waals surface area contributed by atoms with Gasteiger partial charge in [-0.2, -0.15) is 4.57 Å². The second-order valence-electron chi connectivity index (χ2n) is 7.26. The normalized spacial score (nSPS) is 18.1. The Kier molecular flexibility index (Phi) is 4.25. The molecule has 0 aliphatic carbocycles. The van der Waals surface area contributed by atoms with Gasteiger partial charge in [-0.25, -0.2) is 9.36 Å². The van der Waals surface area contributed by atoms with Gasteiger partial charge in [0.15, 0.2) is 0 Å². The number of urea groups is 1. The molecule has 0 saturated carbocycles. The number of amidine groups is 1. The third kappa shape index (κ3) is 2.57. The van der Waals surface area contributed by atoms with Crippen LogP contribution in [0.5, 0.6) is 0 Å². The number of hydrogen-bond acceptors (Lipinski definition) is 4. The van der Waals surface area contributed by atoms with E-state index in [1.807, 2.05) is 41.2 Å².